The predicted octanol–water partition coefficient (Wildman–Crippen LogP) is 2.34. The smallest absolute Gasteiger partial charge is 0.145 e. The second-order valence-corrected chi connectivity index (χ2v) is 2.53. The molecule has 0 N–H and O–H groups in total. The molecule has 1 nitrogen and oxygen atoms in total. The maximum absolute atomic E-state index is 10.2. The van der Waals surface area contributed by atoms with Gasteiger partial charge in [0.05, 0.1) is 0 Å². The number of allylic oxidation sites excluding steroid dienone is 3. The zero-order valence-electron chi connectivity index (χ0n) is 6.63. The molecule has 0 aliphatic carbocycles. The molecule has 0 aliphatic rings. The summed E-state index contributed by atoms with van der Waals surface area (Å²) in [5.41, 5.74) is 0.800. The normalized spacial score (nSPS) is 14.4. The molecule has 0 aromatic rings. The predicted molar refractivity (Wildman–Crippen MR) is 43.8 cm³/mol. The molecular formula is C9H14O. The van der Waals surface area contributed by atoms with Crippen LogP contribution in [0.4, 0.5) is 0 Å². The van der Waals surface area contributed by atoms with E-state index in [1.807, 2.05) is 19.1 Å². The fraction of sp³-hybridized carbons (Fsp3) is 0.444. The van der Waals surface area contributed by atoms with Crippen molar-refractivity contribution in [3.05, 3.63) is 24.3 Å². The van der Waals surface area contributed by atoms with E-state index in [9.17, 15) is 4.79 Å². The number of hydrogen-bond donors (Lipinski definition) is 0. The van der Waals surface area contributed by atoms with Crippen LogP contribution in [0.1, 0.15) is 20.3 Å². The van der Waals surface area contributed by atoms with Gasteiger partial charge in [0.2, 0.25) is 0 Å². The van der Waals surface area contributed by atoms with Gasteiger partial charge < -0.3 is 0 Å². The van der Waals surface area contributed by atoms with Gasteiger partial charge in [-0.2, -0.15) is 0 Å². The molecule has 10 heavy (non-hydrogen) atoms. The van der Waals surface area contributed by atoms with Gasteiger partial charge >= 0.3 is 0 Å². The third-order valence-electron chi connectivity index (χ3n) is 1.27. The van der Waals surface area contributed by atoms with Crippen LogP contribution in [-0.4, -0.2) is 6.29 Å². The van der Waals surface area contributed by atoms with Crippen LogP contribution in [0.3, 0.4) is 0 Å². The van der Waals surface area contributed by atoms with E-state index in [0.29, 0.717) is 5.92 Å². The quantitative estimate of drug-likeness (QED) is 0.331. The van der Waals surface area contributed by atoms with Gasteiger partial charge in [-0.05, 0) is 24.8 Å². The molecular weight excluding hydrogens is 124 g/mol. The molecule has 0 saturated heterocycles. The summed E-state index contributed by atoms with van der Waals surface area (Å²) in [6, 6.07) is 0. The van der Waals surface area contributed by atoms with Crippen molar-refractivity contribution in [3.63, 3.8) is 0 Å². The van der Waals surface area contributed by atoms with E-state index >= 15 is 0 Å². The van der Waals surface area contributed by atoms with Gasteiger partial charge in [-0.3, -0.25) is 4.79 Å². The first-order valence-electron chi connectivity index (χ1n) is 3.45. The summed E-state index contributed by atoms with van der Waals surface area (Å²) in [6.45, 7) is 7.49. The molecule has 0 aromatic carbocycles. The zero-order valence-corrected chi connectivity index (χ0v) is 6.63. The molecule has 0 amide bonds. The van der Waals surface area contributed by atoms with Crippen LogP contribution >= 0.6 is 0 Å². The van der Waals surface area contributed by atoms with Gasteiger partial charge in [0.25, 0.3) is 0 Å². The lowest BCUT2D eigenvalue weighted by molar-refractivity contribution is -0.104. The molecule has 0 aromatic heterocycles. The average Bonchev–Trinajstić information content (AvgIpc) is 1.88. The molecule has 0 unspecified atom stereocenters. The van der Waals surface area contributed by atoms with E-state index in [-0.39, 0.29) is 0 Å². The highest BCUT2D eigenvalue weighted by Gasteiger charge is 1.93. The number of rotatable bonds is 4. The van der Waals surface area contributed by atoms with Crippen LogP contribution in [-0.2, 0) is 4.79 Å². The van der Waals surface area contributed by atoms with Crippen molar-refractivity contribution < 1.29 is 4.79 Å². The lowest BCUT2D eigenvalue weighted by Gasteiger charge is -2.00. The first-order valence-corrected chi connectivity index (χ1v) is 3.45. The Morgan fingerprint density at radius 2 is 2.30 bits per heavy atom. The minimum atomic E-state index is 0.433. The average molecular weight is 138 g/mol. The third kappa shape index (κ3) is 4.07. The molecule has 1 atom stereocenters. The van der Waals surface area contributed by atoms with Crippen molar-refractivity contribution >= 4 is 6.29 Å². The number of carbonyl (C=O) groups is 1. The Morgan fingerprint density at radius 3 is 2.70 bits per heavy atom. The lowest BCUT2D eigenvalue weighted by Crippen LogP contribution is -1.88. The van der Waals surface area contributed by atoms with Crippen LogP contribution in [0, 0.1) is 5.92 Å². The highest BCUT2D eigenvalue weighted by Crippen LogP contribution is 2.05. The Morgan fingerprint density at radius 1 is 1.70 bits per heavy atom. The van der Waals surface area contributed by atoms with Gasteiger partial charge in [0.1, 0.15) is 6.29 Å². The molecule has 56 valence electrons. The van der Waals surface area contributed by atoms with Crippen molar-refractivity contribution in [1.82, 2.24) is 0 Å². The Labute approximate surface area is 62.4 Å². The van der Waals surface area contributed by atoms with Gasteiger partial charge in [-0.25, -0.2) is 0 Å². The second kappa shape index (κ2) is 4.98. The minimum Gasteiger partial charge on any atom is -0.298 e. The topological polar surface area (TPSA) is 17.1 Å². The third-order valence-corrected chi connectivity index (χ3v) is 1.27. The van der Waals surface area contributed by atoms with Crippen LogP contribution in [0.15, 0.2) is 24.3 Å². The maximum atomic E-state index is 10.2. The van der Waals surface area contributed by atoms with E-state index in [4.69, 9.17) is 0 Å². The highest BCUT2D eigenvalue weighted by molar-refractivity contribution is 5.72. The Hall–Kier alpha value is -0.850. The van der Waals surface area contributed by atoms with Crippen molar-refractivity contribution in [1.29, 1.82) is 0 Å². The van der Waals surface area contributed by atoms with E-state index in [0.717, 1.165) is 18.3 Å². The van der Waals surface area contributed by atoms with Gasteiger partial charge in [-0.1, -0.05) is 19.1 Å². The van der Waals surface area contributed by atoms with Gasteiger partial charge in [0.15, 0.2) is 0 Å². The molecule has 0 radical (unpaired) electrons. The molecule has 0 heterocycles. The number of hydrogen-bond acceptors (Lipinski definition) is 1. The molecule has 0 rings (SSSR count). The van der Waals surface area contributed by atoms with Crippen molar-refractivity contribution in [2.75, 3.05) is 0 Å². The van der Waals surface area contributed by atoms with Gasteiger partial charge in [-0.15, -0.1) is 6.58 Å². The van der Waals surface area contributed by atoms with Crippen LogP contribution in [0.5, 0.6) is 0 Å². The molecule has 0 bridgehead atoms. The first-order chi connectivity index (χ1) is 4.70. The summed E-state index contributed by atoms with van der Waals surface area (Å²) in [6.07, 6.45) is 5.62. The monoisotopic (exact) mass is 138 g/mol. The molecule has 0 aliphatic heterocycles. The fourth-order valence-electron chi connectivity index (χ4n) is 0.819. The Bertz CT molecular complexity index is 145. The minimum absolute atomic E-state index is 0.433. The summed E-state index contributed by atoms with van der Waals surface area (Å²) in [7, 11) is 0. The molecule has 0 saturated carbocycles. The highest BCUT2D eigenvalue weighted by atomic mass is 16.1. The summed E-state index contributed by atoms with van der Waals surface area (Å²) in [5, 5.41) is 0. The summed E-state index contributed by atoms with van der Waals surface area (Å²) in [4.78, 5) is 10.2. The first kappa shape index (κ1) is 9.15. The molecule has 1 heteroatoms. The standard InChI is InChI=1S/C9H14O/c1-4-5-8(2)6-9(3)7-10/h4,6-8H,1,5H2,2-3H3/b9-6+/t8-/m1/s1. The van der Waals surface area contributed by atoms with Gasteiger partial charge in [0, 0.05) is 0 Å². The van der Waals surface area contributed by atoms with E-state index in [1.165, 1.54) is 0 Å². The summed E-state index contributed by atoms with van der Waals surface area (Å²) in [5.74, 6) is 0.433. The number of carbonyl (C=O) groups excluding carboxylic acids is 1. The van der Waals surface area contributed by atoms with Crippen LogP contribution < -0.4 is 0 Å². The van der Waals surface area contributed by atoms with E-state index in [2.05, 4.69) is 13.5 Å². The summed E-state index contributed by atoms with van der Waals surface area (Å²) < 4.78 is 0. The van der Waals surface area contributed by atoms with Crippen molar-refractivity contribution in [3.8, 4) is 0 Å². The SMILES string of the molecule is C=CC[C@@H](C)/C=C(\C)C=O. The number of aldehydes is 1. The Kier molecular flexibility index (Phi) is 4.55. The van der Waals surface area contributed by atoms with Crippen LogP contribution in [0.25, 0.3) is 0 Å². The lowest BCUT2D eigenvalue weighted by atomic mass is 10.1. The fourth-order valence-corrected chi connectivity index (χ4v) is 0.819. The summed E-state index contributed by atoms with van der Waals surface area (Å²) >= 11 is 0. The largest absolute Gasteiger partial charge is 0.298 e. The van der Waals surface area contributed by atoms with Crippen LogP contribution in [0.2, 0.25) is 0 Å². The zero-order chi connectivity index (χ0) is 7.98. The second-order valence-electron chi connectivity index (χ2n) is 2.53. The van der Waals surface area contributed by atoms with E-state index in [1.54, 1.807) is 0 Å². The van der Waals surface area contributed by atoms with Crippen molar-refractivity contribution in [2.45, 2.75) is 20.3 Å². The Balaban J connectivity index is 3.84. The maximum Gasteiger partial charge on any atom is 0.145 e. The van der Waals surface area contributed by atoms with E-state index < -0.39 is 0 Å². The molecule has 0 spiro atoms. The molecule has 0 fully saturated rings. The van der Waals surface area contributed by atoms with Crippen molar-refractivity contribution in [2.24, 2.45) is 5.92 Å².